The molecule has 106 valence electrons. The Morgan fingerprint density at radius 1 is 1.29 bits per heavy atom. The number of hydrogen-bond donors (Lipinski definition) is 1. The highest BCUT2D eigenvalue weighted by Gasteiger charge is 2.24. The van der Waals surface area contributed by atoms with E-state index in [0.717, 1.165) is 5.69 Å². The van der Waals surface area contributed by atoms with E-state index in [9.17, 15) is 9.59 Å². The predicted molar refractivity (Wildman–Crippen MR) is 75.4 cm³/mol. The highest BCUT2D eigenvalue weighted by Crippen LogP contribution is 2.33. The van der Waals surface area contributed by atoms with Crippen LogP contribution in [0.5, 0.6) is 0 Å². The van der Waals surface area contributed by atoms with Crippen molar-refractivity contribution in [1.29, 1.82) is 0 Å². The highest BCUT2D eigenvalue weighted by molar-refractivity contribution is 6.02. The molecule has 0 saturated heterocycles. The Bertz CT molecular complexity index is 700. The second-order valence-corrected chi connectivity index (χ2v) is 4.40. The third-order valence-electron chi connectivity index (χ3n) is 3.08. The second-order valence-electron chi connectivity index (χ2n) is 4.40. The SMILES string of the molecule is COC(=O)c1cnc(N2CC(=O)Nc3ccccc32)cn1. The number of fused-ring (bicyclic) bond motifs is 1. The van der Waals surface area contributed by atoms with Gasteiger partial charge in [0.2, 0.25) is 5.91 Å². The van der Waals surface area contributed by atoms with Crippen LogP contribution in [0.4, 0.5) is 17.2 Å². The third-order valence-corrected chi connectivity index (χ3v) is 3.08. The maximum absolute atomic E-state index is 11.8. The van der Waals surface area contributed by atoms with Crippen LogP contribution >= 0.6 is 0 Å². The van der Waals surface area contributed by atoms with Crippen molar-refractivity contribution in [3.8, 4) is 0 Å². The van der Waals surface area contributed by atoms with Gasteiger partial charge in [-0.1, -0.05) is 12.1 Å². The van der Waals surface area contributed by atoms with Crippen molar-refractivity contribution in [3.05, 3.63) is 42.4 Å². The monoisotopic (exact) mass is 284 g/mol. The molecule has 0 fully saturated rings. The van der Waals surface area contributed by atoms with Gasteiger partial charge in [-0.3, -0.25) is 4.79 Å². The standard InChI is InChI=1S/C14H12N4O3/c1-21-14(20)10-6-16-12(7-15-10)18-8-13(19)17-9-4-2-3-5-11(9)18/h2-7H,8H2,1H3,(H,17,19). The van der Waals surface area contributed by atoms with E-state index in [1.54, 1.807) is 4.90 Å². The van der Waals surface area contributed by atoms with Crippen LogP contribution in [0, 0.1) is 0 Å². The summed E-state index contributed by atoms with van der Waals surface area (Å²) in [7, 11) is 1.28. The lowest BCUT2D eigenvalue weighted by molar-refractivity contribution is -0.115. The van der Waals surface area contributed by atoms with Gasteiger partial charge in [0, 0.05) is 0 Å². The summed E-state index contributed by atoms with van der Waals surface area (Å²) in [6.45, 7) is 0.142. The molecular weight excluding hydrogens is 272 g/mol. The minimum Gasteiger partial charge on any atom is -0.464 e. The van der Waals surface area contributed by atoms with Crippen molar-refractivity contribution in [3.63, 3.8) is 0 Å². The summed E-state index contributed by atoms with van der Waals surface area (Å²) >= 11 is 0. The molecule has 0 unspecified atom stereocenters. The topological polar surface area (TPSA) is 84.4 Å². The first kappa shape index (κ1) is 13.0. The fraction of sp³-hybridized carbons (Fsp3) is 0.143. The number of benzene rings is 1. The molecule has 0 aliphatic carbocycles. The van der Waals surface area contributed by atoms with E-state index in [2.05, 4.69) is 20.0 Å². The average Bonchev–Trinajstić information content (AvgIpc) is 2.53. The van der Waals surface area contributed by atoms with Crippen molar-refractivity contribution in [2.75, 3.05) is 23.9 Å². The molecule has 2 heterocycles. The van der Waals surface area contributed by atoms with Gasteiger partial charge in [0.25, 0.3) is 0 Å². The summed E-state index contributed by atoms with van der Waals surface area (Å²) < 4.78 is 4.58. The maximum Gasteiger partial charge on any atom is 0.358 e. The van der Waals surface area contributed by atoms with E-state index in [4.69, 9.17) is 0 Å². The molecule has 0 atom stereocenters. The fourth-order valence-corrected chi connectivity index (χ4v) is 2.11. The lowest BCUT2D eigenvalue weighted by atomic mass is 10.2. The summed E-state index contributed by atoms with van der Waals surface area (Å²) in [6.07, 6.45) is 2.78. The number of para-hydroxylation sites is 2. The first-order chi connectivity index (χ1) is 10.2. The number of anilines is 3. The van der Waals surface area contributed by atoms with Gasteiger partial charge in [-0.15, -0.1) is 0 Å². The third kappa shape index (κ3) is 2.40. The Kier molecular flexibility index (Phi) is 3.23. The Hall–Kier alpha value is -2.96. The largest absolute Gasteiger partial charge is 0.464 e. The predicted octanol–water partition coefficient (Wildman–Crippen LogP) is 1.35. The van der Waals surface area contributed by atoms with Crippen molar-refractivity contribution in [1.82, 2.24) is 9.97 Å². The Morgan fingerprint density at radius 2 is 2.10 bits per heavy atom. The van der Waals surface area contributed by atoms with Crippen LogP contribution in [0.3, 0.4) is 0 Å². The van der Waals surface area contributed by atoms with Crippen LogP contribution in [0.25, 0.3) is 0 Å². The molecule has 0 radical (unpaired) electrons. The van der Waals surface area contributed by atoms with Gasteiger partial charge in [-0.25, -0.2) is 14.8 Å². The first-order valence-electron chi connectivity index (χ1n) is 6.26. The van der Waals surface area contributed by atoms with Crippen LogP contribution < -0.4 is 10.2 Å². The summed E-state index contributed by atoms with van der Waals surface area (Å²) in [5.74, 6) is -0.191. The molecule has 1 aliphatic rings. The van der Waals surface area contributed by atoms with Crippen LogP contribution in [-0.2, 0) is 9.53 Å². The Labute approximate surface area is 120 Å². The minimum atomic E-state index is -0.550. The van der Waals surface area contributed by atoms with Crippen molar-refractivity contribution in [2.24, 2.45) is 0 Å². The van der Waals surface area contributed by atoms with E-state index in [0.29, 0.717) is 11.5 Å². The van der Waals surface area contributed by atoms with Gasteiger partial charge < -0.3 is 15.0 Å². The number of carbonyl (C=O) groups is 2. The number of amides is 1. The molecular formula is C14H12N4O3. The number of carbonyl (C=O) groups excluding carboxylic acids is 2. The van der Waals surface area contributed by atoms with Gasteiger partial charge in [-0.05, 0) is 12.1 Å². The lowest BCUT2D eigenvalue weighted by Crippen LogP contribution is -2.35. The van der Waals surface area contributed by atoms with Gasteiger partial charge in [0.1, 0.15) is 6.54 Å². The zero-order valence-corrected chi connectivity index (χ0v) is 11.2. The number of ether oxygens (including phenoxy) is 1. The quantitative estimate of drug-likeness (QED) is 0.838. The summed E-state index contributed by atoms with van der Waals surface area (Å²) in [4.78, 5) is 33.0. The molecule has 7 heteroatoms. The van der Waals surface area contributed by atoms with Crippen molar-refractivity contribution in [2.45, 2.75) is 0 Å². The number of rotatable bonds is 2. The number of nitrogens with zero attached hydrogens (tertiary/aromatic N) is 3. The Balaban J connectivity index is 1.97. The fourth-order valence-electron chi connectivity index (χ4n) is 2.11. The number of methoxy groups -OCH3 is 1. The van der Waals surface area contributed by atoms with Crippen molar-refractivity contribution < 1.29 is 14.3 Å². The molecule has 0 saturated carbocycles. The zero-order valence-electron chi connectivity index (χ0n) is 11.2. The van der Waals surface area contributed by atoms with Gasteiger partial charge in [0.15, 0.2) is 11.5 Å². The van der Waals surface area contributed by atoms with Gasteiger partial charge in [-0.2, -0.15) is 0 Å². The second kappa shape index (κ2) is 5.20. The van der Waals surface area contributed by atoms with E-state index in [1.165, 1.54) is 19.5 Å². The molecule has 1 aromatic carbocycles. The highest BCUT2D eigenvalue weighted by atomic mass is 16.5. The van der Waals surface area contributed by atoms with Crippen LogP contribution in [0.2, 0.25) is 0 Å². The maximum atomic E-state index is 11.8. The van der Waals surface area contributed by atoms with Crippen LogP contribution in [0.15, 0.2) is 36.7 Å². The number of aromatic nitrogens is 2. The molecule has 1 N–H and O–H groups in total. The Morgan fingerprint density at radius 3 is 2.81 bits per heavy atom. The lowest BCUT2D eigenvalue weighted by Gasteiger charge is -2.29. The minimum absolute atomic E-state index is 0.121. The smallest absolute Gasteiger partial charge is 0.358 e. The van der Waals surface area contributed by atoms with Crippen LogP contribution in [0.1, 0.15) is 10.5 Å². The molecule has 1 amide bonds. The molecule has 2 aromatic rings. The molecule has 1 aromatic heterocycles. The molecule has 0 spiro atoms. The summed E-state index contributed by atoms with van der Waals surface area (Å²) in [5, 5.41) is 2.80. The molecule has 3 rings (SSSR count). The summed E-state index contributed by atoms with van der Waals surface area (Å²) in [6, 6.07) is 7.41. The molecule has 0 bridgehead atoms. The first-order valence-corrected chi connectivity index (χ1v) is 6.26. The zero-order chi connectivity index (χ0) is 14.8. The molecule has 21 heavy (non-hydrogen) atoms. The normalized spacial score (nSPS) is 13.4. The van der Waals surface area contributed by atoms with E-state index >= 15 is 0 Å². The number of esters is 1. The van der Waals surface area contributed by atoms with E-state index < -0.39 is 5.97 Å². The number of nitrogens with one attached hydrogen (secondary N) is 1. The van der Waals surface area contributed by atoms with E-state index in [-0.39, 0.29) is 18.1 Å². The molecule has 7 nitrogen and oxygen atoms in total. The summed E-state index contributed by atoms with van der Waals surface area (Å²) in [5.41, 5.74) is 1.67. The van der Waals surface area contributed by atoms with Gasteiger partial charge >= 0.3 is 5.97 Å². The van der Waals surface area contributed by atoms with E-state index in [1.807, 2.05) is 24.3 Å². The molecule has 1 aliphatic heterocycles. The average molecular weight is 284 g/mol. The van der Waals surface area contributed by atoms with Crippen LogP contribution in [-0.4, -0.2) is 35.5 Å². The number of hydrogen-bond acceptors (Lipinski definition) is 6. The van der Waals surface area contributed by atoms with Crippen molar-refractivity contribution >= 4 is 29.1 Å². The van der Waals surface area contributed by atoms with Gasteiger partial charge in [0.05, 0.1) is 30.9 Å².